The van der Waals surface area contributed by atoms with E-state index in [1.54, 1.807) is 0 Å². The van der Waals surface area contributed by atoms with E-state index in [9.17, 15) is 18.0 Å². The summed E-state index contributed by atoms with van der Waals surface area (Å²) < 4.78 is 39.3. The molecule has 0 radical (unpaired) electrons. The fourth-order valence-electron chi connectivity index (χ4n) is 4.35. The Labute approximate surface area is 161 Å². The van der Waals surface area contributed by atoms with Crippen LogP contribution in [0.3, 0.4) is 0 Å². The molecule has 0 bridgehead atoms. The van der Waals surface area contributed by atoms with Crippen molar-refractivity contribution in [3.05, 3.63) is 66.2 Å². The van der Waals surface area contributed by atoms with Gasteiger partial charge in [-0.25, -0.2) is 4.90 Å². The smallest absolute Gasteiger partial charge is 0.336 e. The van der Waals surface area contributed by atoms with E-state index in [-0.39, 0.29) is 38.0 Å². The lowest BCUT2D eigenvalue weighted by atomic mass is 9.85. The van der Waals surface area contributed by atoms with E-state index in [0.29, 0.717) is 11.3 Å². The van der Waals surface area contributed by atoms with Crippen LogP contribution in [0.15, 0.2) is 60.7 Å². The Morgan fingerprint density at radius 2 is 1.54 bits per heavy atom. The molecule has 2 fully saturated rings. The number of para-hydroxylation sites is 1. The summed E-state index contributed by atoms with van der Waals surface area (Å²) in [5.74, 6) is -0.181. The summed E-state index contributed by atoms with van der Waals surface area (Å²) in [4.78, 5) is 15.5. The van der Waals surface area contributed by atoms with Crippen molar-refractivity contribution in [2.45, 2.75) is 37.3 Å². The number of rotatable bonds is 3. The molecule has 4 rings (SSSR count). The zero-order chi connectivity index (χ0) is 19.8. The maximum atomic E-state index is 13.1. The molecule has 2 aromatic carbocycles. The van der Waals surface area contributed by atoms with Gasteiger partial charge in [-0.05, 0) is 30.5 Å². The van der Waals surface area contributed by atoms with Crippen LogP contribution >= 0.6 is 0 Å². The van der Waals surface area contributed by atoms with Crippen molar-refractivity contribution >= 4 is 11.6 Å². The predicted molar refractivity (Wildman–Crippen MR) is 101 cm³/mol. The Balaban J connectivity index is 1.66. The van der Waals surface area contributed by atoms with Crippen molar-refractivity contribution in [1.82, 2.24) is 10.2 Å². The zero-order valence-corrected chi connectivity index (χ0v) is 15.3. The standard InChI is InChI=1S/C21H22F3N3O/c22-21(23,24)26-13-11-20(12-14-26)19(28)25-18(15-16-7-3-1-4-8-16)27(20)17-9-5-2-6-10-17/h1-10,18H,11-15H2,(H,25,28). The third kappa shape index (κ3) is 3.35. The summed E-state index contributed by atoms with van der Waals surface area (Å²) in [5.41, 5.74) is 0.962. The molecule has 2 aliphatic rings. The van der Waals surface area contributed by atoms with Crippen LogP contribution in [-0.2, 0) is 11.2 Å². The van der Waals surface area contributed by atoms with Gasteiger partial charge in [0.1, 0.15) is 11.7 Å². The number of nitrogens with one attached hydrogen (secondary N) is 1. The lowest BCUT2D eigenvalue weighted by molar-refractivity contribution is -0.251. The van der Waals surface area contributed by atoms with Gasteiger partial charge >= 0.3 is 6.30 Å². The molecule has 1 spiro atoms. The number of amides is 1. The van der Waals surface area contributed by atoms with E-state index < -0.39 is 11.8 Å². The number of likely N-dealkylation sites (tertiary alicyclic amines) is 1. The average molecular weight is 389 g/mol. The summed E-state index contributed by atoms with van der Waals surface area (Å²) in [7, 11) is 0. The summed E-state index contributed by atoms with van der Waals surface area (Å²) in [6.45, 7) is -0.364. The van der Waals surface area contributed by atoms with Gasteiger partial charge in [0, 0.05) is 25.2 Å². The fraction of sp³-hybridized carbons (Fsp3) is 0.381. The summed E-state index contributed by atoms with van der Waals surface area (Å²) >= 11 is 0. The highest BCUT2D eigenvalue weighted by atomic mass is 19.4. The molecule has 2 aromatic rings. The van der Waals surface area contributed by atoms with Gasteiger partial charge in [0.15, 0.2) is 0 Å². The molecule has 1 atom stereocenters. The second-order valence-corrected chi connectivity index (χ2v) is 7.37. The van der Waals surface area contributed by atoms with E-state index in [0.717, 1.165) is 11.3 Å². The average Bonchev–Trinajstić information content (AvgIpc) is 2.94. The number of anilines is 1. The summed E-state index contributed by atoms with van der Waals surface area (Å²) in [6.07, 6.45) is -3.80. The Hall–Kier alpha value is -2.54. The first-order valence-electron chi connectivity index (χ1n) is 9.41. The topological polar surface area (TPSA) is 35.6 Å². The minimum atomic E-state index is -4.36. The van der Waals surface area contributed by atoms with Crippen LogP contribution in [0.5, 0.6) is 0 Å². The molecule has 4 nitrogen and oxygen atoms in total. The molecule has 1 amide bonds. The van der Waals surface area contributed by atoms with Crippen LogP contribution in [0.1, 0.15) is 18.4 Å². The molecule has 0 aromatic heterocycles. The minimum Gasteiger partial charge on any atom is -0.336 e. The van der Waals surface area contributed by atoms with E-state index in [4.69, 9.17) is 0 Å². The number of carbonyl (C=O) groups excluding carboxylic acids is 1. The number of hydrogen-bond donors (Lipinski definition) is 1. The van der Waals surface area contributed by atoms with E-state index in [1.807, 2.05) is 65.6 Å². The lowest BCUT2D eigenvalue weighted by Gasteiger charge is -2.45. The number of alkyl halides is 3. The van der Waals surface area contributed by atoms with Gasteiger partial charge in [-0.3, -0.25) is 4.79 Å². The van der Waals surface area contributed by atoms with Gasteiger partial charge in [-0.15, -0.1) is 0 Å². The van der Waals surface area contributed by atoms with Crippen LogP contribution in [0.4, 0.5) is 18.9 Å². The maximum Gasteiger partial charge on any atom is 0.459 e. The van der Waals surface area contributed by atoms with Crippen LogP contribution in [0.2, 0.25) is 0 Å². The zero-order valence-electron chi connectivity index (χ0n) is 15.3. The number of halogens is 3. The van der Waals surface area contributed by atoms with E-state index >= 15 is 0 Å². The van der Waals surface area contributed by atoms with Gasteiger partial charge in [0.25, 0.3) is 0 Å². The fourth-order valence-corrected chi connectivity index (χ4v) is 4.35. The van der Waals surface area contributed by atoms with Gasteiger partial charge < -0.3 is 10.2 Å². The monoisotopic (exact) mass is 389 g/mol. The molecule has 7 heteroatoms. The molecular weight excluding hydrogens is 367 g/mol. The third-order valence-electron chi connectivity index (χ3n) is 5.75. The first-order valence-corrected chi connectivity index (χ1v) is 9.41. The Morgan fingerprint density at radius 3 is 2.11 bits per heavy atom. The molecule has 1 N–H and O–H groups in total. The third-order valence-corrected chi connectivity index (χ3v) is 5.75. The SMILES string of the molecule is O=C1NC(Cc2ccccc2)N(c2ccccc2)C12CCN(C(F)(F)F)CC2. The van der Waals surface area contributed by atoms with Crippen molar-refractivity contribution < 1.29 is 18.0 Å². The van der Waals surface area contributed by atoms with Crippen LogP contribution in [0.25, 0.3) is 0 Å². The minimum absolute atomic E-state index is 0.137. The van der Waals surface area contributed by atoms with Gasteiger partial charge in [0.2, 0.25) is 5.91 Å². The molecule has 2 saturated heterocycles. The highest BCUT2D eigenvalue weighted by Gasteiger charge is 2.56. The summed E-state index contributed by atoms with van der Waals surface area (Å²) in [6, 6.07) is 19.3. The number of benzene rings is 2. The molecule has 1 unspecified atom stereocenters. The lowest BCUT2D eigenvalue weighted by Crippen LogP contribution is -2.59. The Morgan fingerprint density at radius 1 is 0.964 bits per heavy atom. The van der Waals surface area contributed by atoms with Crippen molar-refractivity contribution in [3.63, 3.8) is 0 Å². The first-order chi connectivity index (χ1) is 13.4. The molecule has 0 saturated carbocycles. The van der Waals surface area contributed by atoms with E-state index in [1.165, 1.54) is 0 Å². The van der Waals surface area contributed by atoms with Crippen LogP contribution in [-0.4, -0.2) is 41.9 Å². The van der Waals surface area contributed by atoms with E-state index in [2.05, 4.69) is 5.32 Å². The number of nitrogens with zero attached hydrogens (tertiary/aromatic N) is 2. The second kappa shape index (κ2) is 7.13. The first kappa shape index (κ1) is 18.8. The molecule has 0 aliphatic carbocycles. The molecule has 2 heterocycles. The largest absolute Gasteiger partial charge is 0.459 e. The van der Waals surface area contributed by atoms with Crippen molar-refractivity contribution in [1.29, 1.82) is 0 Å². The molecule has 28 heavy (non-hydrogen) atoms. The summed E-state index contributed by atoms with van der Waals surface area (Å²) in [5, 5.41) is 3.05. The normalized spacial score (nSPS) is 22.5. The molecule has 148 valence electrons. The number of piperidine rings is 1. The van der Waals surface area contributed by atoms with Crippen molar-refractivity contribution in [2.24, 2.45) is 0 Å². The van der Waals surface area contributed by atoms with Crippen molar-refractivity contribution in [2.75, 3.05) is 18.0 Å². The quantitative estimate of drug-likeness (QED) is 0.816. The maximum absolute atomic E-state index is 13.1. The predicted octanol–water partition coefficient (Wildman–Crippen LogP) is 3.55. The van der Waals surface area contributed by atoms with Gasteiger partial charge in [-0.2, -0.15) is 13.2 Å². The molecule has 2 aliphatic heterocycles. The number of carbonyl (C=O) groups is 1. The number of hydrogen-bond acceptors (Lipinski definition) is 3. The Bertz CT molecular complexity index is 818. The highest BCUT2D eigenvalue weighted by Crippen LogP contribution is 2.41. The Kier molecular flexibility index (Phi) is 4.79. The van der Waals surface area contributed by atoms with Crippen molar-refractivity contribution in [3.8, 4) is 0 Å². The van der Waals surface area contributed by atoms with Gasteiger partial charge in [0.05, 0.1) is 0 Å². The van der Waals surface area contributed by atoms with Crippen LogP contribution < -0.4 is 10.2 Å². The second-order valence-electron chi connectivity index (χ2n) is 7.37. The van der Waals surface area contributed by atoms with Crippen LogP contribution in [0, 0.1) is 0 Å². The molecular formula is C21H22F3N3O. The van der Waals surface area contributed by atoms with Gasteiger partial charge in [-0.1, -0.05) is 48.5 Å². The highest BCUT2D eigenvalue weighted by molar-refractivity contribution is 5.94.